The van der Waals surface area contributed by atoms with Gasteiger partial charge in [0.15, 0.2) is 5.82 Å². The first-order valence-corrected chi connectivity index (χ1v) is 6.57. The molecular formula is C15H18ClN3. The van der Waals surface area contributed by atoms with E-state index in [1.807, 2.05) is 19.1 Å². The quantitative estimate of drug-likeness (QED) is 0.801. The highest BCUT2D eigenvalue weighted by molar-refractivity contribution is 6.30. The minimum Gasteiger partial charge on any atom is -0.383 e. The number of hydrogen-bond donors (Lipinski definition) is 1. The minimum atomic E-state index is 0.128. The molecule has 2 aromatic rings. The Kier molecular flexibility index (Phi) is 3.50. The van der Waals surface area contributed by atoms with Crippen molar-refractivity contribution in [3.05, 3.63) is 40.5 Å². The van der Waals surface area contributed by atoms with E-state index >= 15 is 0 Å². The Morgan fingerprint density at radius 1 is 1.05 bits per heavy atom. The summed E-state index contributed by atoms with van der Waals surface area (Å²) in [5, 5.41) is 0.405. The van der Waals surface area contributed by atoms with E-state index in [-0.39, 0.29) is 5.41 Å². The summed E-state index contributed by atoms with van der Waals surface area (Å²) < 4.78 is 0. The summed E-state index contributed by atoms with van der Waals surface area (Å²) in [6.07, 6.45) is 0. The molecule has 0 bridgehead atoms. The van der Waals surface area contributed by atoms with Gasteiger partial charge in [-0.25, -0.2) is 9.97 Å². The molecule has 0 atom stereocenters. The molecule has 1 aromatic carbocycles. The third-order valence-corrected chi connectivity index (χ3v) is 3.50. The molecule has 0 saturated carbocycles. The van der Waals surface area contributed by atoms with E-state index in [0.29, 0.717) is 16.8 Å². The van der Waals surface area contributed by atoms with Crippen LogP contribution in [0.4, 0.5) is 5.82 Å². The van der Waals surface area contributed by atoms with Gasteiger partial charge in [-0.15, -0.1) is 0 Å². The van der Waals surface area contributed by atoms with Crippen molar-refractivity contribution in [3.63, 3.8) is 0 Å². The van der Waals surface area contributed by atoms with Gasteiger partial charge in [0, 0.05) is 11.1 Å². The van der Waals surface area contributed by atoms with Gasteiger partial charge in [-0.1, -0.05) is 56.6 Å². The molecule has 0 unspecified atom stereocenters. The first kappa shape index (κ1) is 13.8. The summed E-state index contributed by atoms with van der Waals surface area (Å²) in [4.78, 5) is 8.55. The number of anilines is 1. The Morgan fingerprint density at radius 3 is 2.11 bits per heavy atom. The van der Waals surface area contributed by atoms with Crippen LogP contribution in [0.1, 0.15) is 31.9 Å². The van der Waals surface area contributed by atoms with E-state index in [2.05, 4.69) is 42.9 Å². The molecule has 1 aromatic heterocycles. The van der Waals surface area contributed by atoms with Gasteiger partial charge in [-0.2, -0.15) is 0 Å². The topological polar surface area (TPSA) is 51.8 Å². The second-order valence-electron chi connectivity index (χ2n) is 5.68. The van der Waals surface area contributed by atoms with Crippen molar-refractivity contribution < 1.29 is 0 Å². The van der Waals surface area contributed by atoms with Crippen LogP contribution in [0.15, 0.2) is 24.3 Å². The number of benzene rings is 1. The van der Waals surface area contributed by atoms with Crippen molar-refractivity contribution in [3.8, 4) is 11.4 Å². The molecule has 0 amide bonds. The average molecular weight is 276 g/mol. The van der Waals surface area contributed by atoms with Crippen molar-refractivity contribution in [2.45, 2.75) is 33.1 Å². The summed E-state index contributed by atoms with van der Waals surface area (Å²) in [5.41, 5.74) is 8.85. The Labute approximate surface area is 118 Å². The highest BCUT2D eigenvalue weighted by atomic mass is 35.5. The second-order valence-corrected chi connectivity index (χ2v) is 6.03. The predicted octanol–water partition coefficient (Wildman–Crippen LogP) is 3.99. The molecule has 2 N–H and O–H groups in total. The highest BCUT2D eigenvalue weighted by Crippen LogP contribution is 2.26. The summed E-state index contributed by atoms with van der Waals surface area (Å²) in [6, 6.07) is 8.17. The molecule has 2 rings (SSSR count). The maximum atomic E-state index is 6.04. The van der Waals surface area contributed by atoms with Crippen LogP contribution < -0.4 is 5.73 Å². The van der Waals surface area contributed by atoms with Crippen molar-refractivity contribution in [2.24, 2.45) is 0 Å². The molecule has 0 aliphatic rings. The molecule has 1 heterocycles. The largest absolute Gasteiger partial charge is 0.383 e. The Balaban J connectivity index is 2.43. The second kappa shape index (κ2) is 4.82. The van der Waals surface area contributed by atoms with E-state index < -0.39 is 0 Å². The van der Waals surface area contributed by atoms with Gasteiger partial charge >= 0.3 is 0 Å². The lowest BCUT2D eigenvalue weighted by Crippen LogP contribution is -2.10. The van der Waals surface area contributed by atoms with Gasteiger partial charge in [0.1, 0.15) is 11.0 Å². The zero-order valence-electron chi connectivity index (χ0n) is 11.7. The van der Waals surface area contributed by atoms with Crippen LogP contribution in [-0.2, 0) is 5.41 Å². The minimum absolute atomic E-state index is 0.128. The van der Waals surface area contributed by atoms with E-state index in [1.165, 1.54) is 5.56 Å². The number of nitrogens with two attached hydrogens (primary N) is 1. The normalized spacial score (nSPS) is 11.6. The maximum absolute atomic E-state index is 6.04. The average Bonchev–Trinajstić information content (AvgIpc) is 2.34. The molecule has 0 saturated heterocycles. The molecule has 0 fully saturated rings. The number of rotatable bonds is 1. The number of aromatic nitrogens is 2. The lowest BCUT2D eigenvalue weighted by atomic mass is 9.87. The summed E-state index contributed by atoms with van der Waals surface area (Å²) in [7, 11) is 0. The first-order valence-electron chi connectivity index (χ1n) is 6.19. The van der Waals surface area contributed by atoms with Crippen LogP contribution in [0.5, 0.6) is 0 Å². The third kappa shape index (κ3) is 2.87. The van der Waals surface area contributed by atoms with Crippen molar-refractivity contribution in [1.82, 2.24) is 9.97 Å². The first-order chi connectivity index (χ1) is 8.79. The lowest BCUT2D eigenvalue weighted by Gasteiger charge is -2.19. The molecule has 0 spiro atoms. The van der Waals surface area contributed by atoms with Crippen molar-refractivity contribution in [1.29, 1.82) is 0 Å². The lowest BCUT2D eigenvalue weighted by molar-refractivity contribution is 0.590. The molecule has 0 aliphatic carbocycles. The van der Waals surface area contributed by atoms with Crippen LogP contribution in [-0.4, -0.2) is 9.97 Å². The molecule has 0 aliphatic heterocycles. The van der Waals surface area contributed by atoms with Crippen molar-refractivity contribution >= 4 is 17.4 Å². The Morgan fingerprint density at radius 2 is 1.63 bits per heavy atom. The zero-order chi connectivity index (χ0) is 14.2. The van der Waals surface area contributed by atoms with Crippen LogP contribution in [0.2, 0.25) is 5.15 Å². The summed E-state index contributed by atoms with van der Waals surface area (Å²) >= 11 is 6.04. The highest BCUT2D eigenvalue weighted by Gasteiger charge is 2.14. The van der Waals surface area contributed by atoms with E-state index in [1.54, 1.807) is 0 Å². The fourth-order valence-corrected chi connectivity index (χ4v) is 1.93. The van der Waals surface area contributed by atoms with Gasteiger partial charge in [0.25, 0.3) is 0 Å². The zero-order valence-corrected chi connectivity index (χ0v) is 12.4. The molecule has 100 valence electrons. The molecule has 19 heavy (non-hydrogen) atoms. The smallest absolute Gasteiger partial charge is 0.163 e. The van der Waals surface area contributed by atoms with Gasteiger partial charge in [0.05, 0.1) is 0 Å². The van der Waals surface area contributed by atoms with E-state index in [0.717, 1.165) is 11.1 Å². The number of nitrogen functional groups attached to an aromatic ring is 1. The maximum Gasteiger partial charge on any atom is 0.163 e. The summed E-state index contributed by atoms with van der Waals surface area (Å²) in [5.74, 6) is 0.989. The molecule has 3 nitrogen and oxygen atoms in total. The van der Waals surface area contributed by atoms with Gasteiger partial charge in [-0.3, -0.25) is 0 Å². The fourth-order valence-electron chi connectivity index (χ4n) is 1.75. The number of halogens is 1. The van der Waals surface area contributed by atoms with Crippen molar-refractivity contribution in [2.75, 3.05) is 5.73 Å². The predicted molar refractivity (Wildman–Crippen MR) is 80.3 cm³/mol. The van der Waals surface area contributed by atoms with Gasteiger partial charge in [0.2, 0.25) is 0 Å². The SMILES string of the molecule is Cc1c(N)nc(-c2ccc(C(C)(C)C)cc2)nc1Cl. The molecular weight excluding hydrogens is 258 g/mol. The fraction of sp³-hybridized carbons (Fsp3) is 0.333. The Bertz CT molecular complexity index is 575. The Hall–Kier alpha value is -1.61. The standard InChI is InChI=1S/C15H18ClN3/c1-9-12(16)18-14(19-13(9)17)10-5-7-11(8-6-10)15(2,3)4/h5-8H,1-4H3,(H2,17,18,19). The third-order valence-electron chi connectivity index (χ3n) is 3.13. The number of nitrogens with zero attached hydrogens (tertiary/aromatic N) is 2. The van der Waals surface area contributed by atoms with Crippen LogP contribution in [0.25, 0.3) is 11.4 Å². The van der Waals surface area contributed by atoms with Crippen LogP contribution in [0, 0.1) is 6.92 Å². The van der Waals surface area contributed by atoms with Crippen LogP contribution in [0.3, 0.4) is 0 Å². The number of hydrogen-bond acceptors (Lipinski definition) is 3. The molecule has 0 radical (unpaired) electrons. The summed E-state index contributed by atoms with van der Waals surface area (Å²) in [6.45, 7) is 8.35. The van der Waals surface area contributed by atoms with E-state index in [4.69, 9.17) is 17.3 Å². The van der Waals surface area contributed by atoms with Gasteiger partial charge < -0.3 is 5.73 Å². The molecule has 4 heteroatoms. The van der Waals surface area contributed by atoms with Gasteiger partial charge in [-0.05, 0) is 17.9 Å². The monoisotopic (exact) mass is 275 g/mol. The van der Waals surface area contributed by atoms with E-state index in [9.17, 15) is 0 Å². The van der Waals surface area contributed by atoms with Crippen LogP contribution >= 0.6 is 11.6 Å².